The zero-order chi connectivity index (χ0) is 17.7. The first-order valence-corrected chi connectivity index (χ1v) is 10.4. The molecule has 0 aromatic heterocycles. The van der Waals surface area contributed by atoms with Gasteiger partial charge in [-0.25, -0.2) is 18.2 Å². The number of fused-ring (bicyclic) bond motifs is 3. The van der Waals surface area contributed by atoms with Gasteiger partial charge in [0.2, 0.25) is 9.84 Å². The monoisotopic (exact) mass is 368 g/mol. The summed E-state index contributed by atoms with van der Waals surface area (Å²) in [5.41, 5.74) is -1.98. The molecule has 0 unspecified atom stereocenters. The summed E-state index contributed by atoms with van der Waals surface area (Å²) >= 11 is 0. The normalized spacial score (nSPS) is 38.0. The Morgan fingerprint density at radius 1 is 1.08 bits per heavy atom. The lowest BCUT2D eigenvalue weighted by Gasteiger charge is -2.49. The summed E-state index contributed by atoms with van der Waals surface area (Å²) in [6, 6.07) is 6.43. The fraction of sp³-hybridized carbons (Fsp3) is 0.667. The van der Waals surface area contributed by atoms with Crippen LogP contribution >= 0.6 is 0 Å². The zero-order valence-corrected chi connectivity index (χ0v) is 15.4. The lowest BCUT2D eigenvalue weighted by Crippen LogP contribution is -2.61. The average Bonchev–Trinajstić information content (AvgIpc) is 2.86. The lowest BCUT2D eigenvalue weighted by molar-refractivity contribution is -0.514. The first-order valence-electron chi connectivity index (χ1n) is 8.82. The van der Waals surface area contributed by atoms with Gasteiger partial charge >= 0.3 is 0 Å². The molecule has 3 heterocycles. The molecular weight excluding hydrogens is 344 g/mol. The Bertz CT molecular complexity index is 741. The van der Waals surface area contributed by atoms with Crippen molar-refractivity contribution in [3.05, 3.63) is 24.3 Å². The third kappa shape index (κ3) is 2.68. The van der Waals surface area contributed by atoms with E-state index in [1.807, 2.05) is 0 Å². The van der Waals surface area contributed by atoms with Crippen LogP contribution in [0.3, 0.4) is 0 Å². The molecule has 2 bridgehead atoms. The van der Waals surface area contributed by atoms with Crippen molar-refractivity contribution >= 4 is 9.84 Å². The first-order chi connectivity index (χ1) is 11.9. The average molecular weight is 368 g/mol. The molecule has 0 radical (unpaired) electrons. The van der Waals surface area contributed by atoms with Crippen LogP contribution < -0.4 is 4.74 Å². The lowest BCUT2D eigenvalue weighted by atomic mass is 9.74. The summed E-state index contributed by atoms with van der Waals surface area (Å²) in [5, 5.41) is 0. The molecule has 1 aromatic carbocycles. The van der Waals surface area contributed by atoms with Crippen molar-refractivity contribution in [1.29, 1.82) is 0 Å². The van der Waals surface area contributed by atoms with Crippen molar-refractivity contribution in [1.82, 2.24) is 0 Å². The highest BCUT2D eigenvalue weighted by Gasteiger charge is 2.63. The number of hydrogen-bond donors (Lipinski definition) is 0. The largest absolute Gasteiger partial charge is 0.497 e. The van der Waals surface area contributed by atoms with Crippen LogP contribution in [0.15, 0.2) is 29.2 Å². The topological polar surface area (TPSA) is 71.1 Å². The highest BCUT2D eigenvalue weighted by atomic mass is 32.2. The summed E-state index contributed by atoms with van der Waals surface area (Å²) in [6.07, 6.45) is 5.06. The second kappa shape index (κ2) is 5.94. The van der Waals surface area contributed by atoms with Crippen LogP contribution in [0.2, 0.25) is 0 Å². The molecule has 0 N–H and O–H groups in total. The van der Waals surface area contributed by atoms with Crippen molar-refractivity contribution in [3.8, 4) is 5.75 Å². The van der Waals surface area contributed by atoms with E-state index in [0.717, 1.165) is 25.7 Å². The van der Waals surface area contributed by atoms with Crippen molar-refractivity contribution in [3.63, 3.8) is 0 Å². The zero-order valence-electron chi connectivity index (χ0n) is 14.6. The number of hydrogen-bond acceptors (Lipinski definition) is 6. The molecule has 1 saturated carbocycles. The van der Waals surface area contributed by atoms with Gasteiger partial charge in [0.25, 0.3) is 0 Å². The number of benzene rings is 1. The molecule has 4 aliphatic rings. The summed E-state index contributed by atoms with van der Waals surface area (Å²) in [6.45, 7) is 1.76. The molecule has 4 fully saturated rings. The van der Waals surface area contributed by atoms with Crippen LogP contribution in [0, 0.1) is 5.92 Å². The minimum atomic E-state index is -3.74. The Labute approximate surface area is 148 Å². The van der Waals surface area contributed by atoms with E-state index >= 15 is 0 Å². The molecule has 3 saturated heterocycles. The summed E-state index contributed by atoms with van der Waals surface area (Å²) in [7, 11) is -2.19. The number of rotatable bonds is 3. The van der Waals surface area contributed by atoms with E-state index in [0.29, 0.717) is 18.6 Å². The molecule has 4 atom stereocenters. The second-order valence-corrected chi connectivity index (χ2v) is 9.40. The SMILES string of the molecule is COc1ccc(S(=O)(=O)[C@@H]2O[C@@]3(C)CC[C@H]4CCCC[C@]42OO3)cc1. The van der Waals surface area contributed by atoms with E-state index in [2.05, 4.69) is 0 Å². The van der Waals surface area contributed by atoms with Gasteiger partial charge in [-0.05, 0) is 56.4 Å². The van der Waals surface area contributed by atoms with E-state index < -0.39 is 26.7 Å². The molecule has 1 aliphatic carbocycles. The van der Waals surface area contributed by atoms with Crippen LogP contribution in [0.25, 0.3) is 0 Å². The quantitative estimate of drug-likeness (QED) is 0.763. The Kier molecular flexibility index (Phi) is 4.11. The van der Waals surface area contributed by atoms with Gasteiger partial charge in [0.1, 0.15) is 11.4 Å². The van der Waals surface area contributed by atoms with E-state index in [1.165, 1.54) is 0 Å². The van der Waals surface area contributed by atoms with Crippen LogP contribution in [-0.4, -0.2) is 32.4 Å². The summed E-state index contributed by atoms with van der Waals surface area (Å²) < 4.78 is 38.0. The fourth-order valence-electron chi connectivity index (χ4n) is 4.35. The van der Waals surface area contributed by atoms with Crippen LogP contribution in [0.4, 0.5) is 0 Å². The van der Waals surface area contributed by atoms with E-state index in [1.54, 1.807) is 38.3 Å². The first kappa shape index (κ1) is 17.3. The van der Waals surface area contributed by atoms with Crippen molar-refractivity contribution in [2.24, 2.45) is 5.92 Å². The predicted molar refractivity (Wildman–Crippen MR) is 89.6 cm³/mol. The van der Waals surface area contributed by atoms with Gasteiger partial charge in [0.15, 0.2) is 11.2 Å². The van der Waals surface area contributed by atoms with Crippen LogP contribution in [0.5, 0.6) is 5.75 Å². The minimum Gasteiger partial charge on any atom is -0.497 e. The Balaban J connectivity index is 1.78. The molecular formula is C18H24O6S. The smallest absolute Gasteiger partial charge is 0.208 e. The van der Waals surface area contributed by atoms with E-state index in [4.69, 9.17) is 19.2 Å². The fourth-order valence-corrected chi connectivity index (χ4v) is 6.32. The third-order valence-electron chi connectivity index (χ3n) is 5.81. The molecule has 1 aromatic rings. The molecule has 7 heteroatoms. The van der Waals surface area contributed by atoms with Gasteiger partial charge in [-0.2, -0.15) is 0 Å². The highest BCUT2D eigenvalue weighted by Crippen LogP contribution is 2.53. The molecule has 1 spiro atoms. The molecule has 5 rings (SSSR count). The van der Waals surface area contributed by atoms with Crippen molar-refractivity contribution < 1.29 is 27.7 Å². The van der Waals surface area contributed by atoms with Crippen LogP contribution in [0.1, 0.15) is 45.4 Å². The van der Waals surface area contributed by atoms with Gasteiger partial charge < -0.3 is 9.47 Å². The van der Waals surface area contributed by atoms with Gasteiger partial charge in [-0.1, -0.05) is 12.8 Å². The Morgan fingerprint density at radius 2 is 1.84 bits per heavy atom. The highest BCUT2D eigenvalue weighted by molar-refractivity contribution is 7.92. The van der Waals surface area contributed by atoms with Gasteiger partial charge in [0, 0.05) is 6.42 Å². The van der Waals surface area contributed by atoms with Crippen molar-refractivity contribution in [2.45, 2.75) is 67.2 Å². The number of ether oxygens (including phenoxy) is 2. The summed E-state index contributed by atoms with van der Waals surface area (Å²) in [4.78, 5) is 11.6. The molecule has 3 aliphatic heterocycles. The van der Waals surface area contributed by atoms with Crippen molar-refractivity contribution in [2.75, 3.05) is 7.11 Å². The van der Waals surface area contributed by atoms with Gasteiger partial charge in [0.05, 0.1) is 12.0 Å². The molecule has 0 amide bonds. The Hall–Kier alpha value is -1.15. The van der Waals surface area contributed by atoms with Crippen LogP contribution in [-0.2, 0) is 24.3 Å². The number of sulfone groups is 1. The maximum Gasteiger partial charge on any atom is 0.208 e. The maximum atomic E-state index is 13.4. The molecule has 138 valence electrons. The number of methoxy groups -OCH3 is 1. The standard InChI is InChI=1S/C18H24O6S/c1-17-12-10-13-5-3-4-11-18(13,24-23-17)16(22-17)25(19,20)15-8-6-14(21-2)7-9-15/h6-9,13,16H,3-5,10-12H2,1-2H3/t13-,16+,17-,18+/m1/s1. The van der Waals surface area contributed by atoms with Gasteiger partial charge in [-0.3, -0.25) is 0 Å². The molecule has 6 nitrogen and oxygen atoms in total. The Morgan fingerprint density at radius 3 is 2.56 bits per heavy atom. The van der Waals surface area contributed by atoms with E-state index in [9.17, 15) is 8.42 Å². The minimum absolute atomic E-state index is 0.128. The third-order valence-corrected chi connectivity index (χ3v) is 7.79. The van der Waals surface area contributed by atoms with Gasteiger partial charge in [-0.15, -0.1) is 0 Å². The summed E-state index contributed by atoms with van der Waals surface area (Å²) in [5.74, 6) is -0.279. The predicted octanol–water partition coefficient (Wildman–Crippen LogP) is 3.21. The molecule has 25 heavy (non-hydrogen) atoms. The van der Waals surface area contributed by atoms with E-state index in [-0.39, 0.29) is 10.8 Å². The second-order valence-electron chi connectivity index (χ2n) is 7.41. The maximum absolute atomic E-state index is 13.4.